The van der Waals surface area contributed by atoms with Crippen LogP contribution in [0.3, 0.4) is 0 Å². The van der Waals surface area contributed by atoms with Crippen LogP contribution in [-0.2, 0) is 0 Å². The number of aliphatic hydroxyl groups excluding tert-OH is 1. The van der Waals surface area contributed by atoms with E-state index in [1.807, 2.05) is 0 Å². The molecule has 4 rings (SSSR count). The number of aromatic carboxylic acids is 1. The molecule has 8 nitrogen and oxygen atoms in total. The van der Waals surface area contributed by atoms with Gasteiger partial charge in [0, 0.05) is 17.0 Å². The second-order valence-electron chi connectivity index (χ2n) is 7.08. The molecule has 1 aliphatic heterocycles. The van der Waals surface area contributed by atoms with Gasteiger partial charge in [0.25, 0.3) is 5.91 Å². The first-order valence-corrected chi connectivity index (χ1v) is 11.0. The van der Waals surface area contributed by atoms with E-state index in [2.05, 4.69) is 10.3 Å². The molecule has 3 atom stereocenters. The smallest absolute Gasteiger partial charge is 0.350 e. The third-order valence-corrected chi connectivity index (χ3v) is 6.26. The molecule has 3 N–H and O–H groups in total. The summed E-state index contributed by atoms with van der Waals surface area (Å²) in [6, 6.07) is 18.3. The number of carboxylic acids is 1. The number of benzene rings is 2. The van der Waals surface area contributed by atoms with E-state index in [4.69, 9.17) is 10.2 Å². The number of alkyl halides is 1. The standard InChI is InChI=1S/C16H16FN3O3S.C7H6O2/c17-12-8-11(9-21)24-15(12)20-7-6-13(19-16(20)23)18-14(22)10-4-2-1-3-5-10;8-7(9)6-4-2-1-3-5-6/h1-7,11-12,15,21H,8-9H2,(H,18,19,22,23);1-5H,(H,8,9). The highest BCUT2D eigenvalue weighted by molar-refractivity contribution is 8.00. The number of aliphatic hydroxyl groups is 1. The number of carboxylic acid groups (broad SMARTS) is 1. The third-order valence-electron chi connectivity index (χ3n) is 4.74. The Bertz CT molecular complexity index is 1140. The first kappa shape index (κ1) is 24.1. The zero-order valence-electron chi connectivity index (χ0n) is 17.4. The molecule has 2 heterocycles. The number of amides is 1. The summed E-state index contributed by atoms with van der Waals surface area (Å²) in [6.07, 6.45) is 0.390. The number of nitrogens with one attached hydrogen (secondary N) is 1. The Balaban J connectivity index is 0.000000286. The maximum absolute atomic E-state index is 14.0. The fourth-order valence-electron chi connectivity index (χ4n) is 3.10. The summed E-state index contributed by atoms with van der Waals surface area (Å²) in [6.45, 7) is -0.130. The van der Waals surface area contributed by atoms with Gasteiger partial charge in [-0.1, -0.05) is 36.4 Å². The van der Waals surface area contributed by atoms with Crippen molar-refractivity contribution in [2.75, 3.05) is 11.9 Å². The van der Waals surface area contributed by atoms with E-state index in [1.54, 1.807) is 60.7 Å². The highest BCUT2D eigenvalue weighted by Gasteiger charge is 2.36. The third kappa shape index (κ3) is 6.50. The molecule has 1 saturated heterocycles. The lowest BCUT2D eigenvalue weighted by molar-refractivity contribution is 0.0696. The molecule has 172 valence electrons. The summed E-state index contributed by atoms with van der Waals surface area (Å²) in [5, 5.41) is 19.1. The average molecular weight is 472 g/mol. The molecule has 1 aromatic heterocycles. The zero-order chi connectivity index (χ0) is 23.8. The molecule has 0 radical (unpaired) electrons. The zero-order valence-corrected chi connectivity index (χ0v) is 18.2. The van der Waals surface area contributed by atoms with E-state index in [1.165, 1.54) is 28.6 Å². The van der Waals surface area contributed by atoms with Gasteiger partial charge >= 0.3 is 11.7 Å². The van der Waals surface area contributed by atoms with Crippen molar-refractivity contribution in [1.82, 2.24) is 9.55 Å². The van der Waals surface area contributed by atoms with Gasteiger partial charge in [0.15, 0.2) is 0 Å². The summed E-state index contributed by atoms with van der Waals surface area (Å²) in [5.41, 5.74) is 0.140. The fourth-order valence-corrected chi connectivity index (χ4v) is 4.45. The van der Waals surface area contributed by atoms with Gasteiger partial charge in [-0.05, 0) is 36.8 Å². The lowest BCUT2D eigenvalue weighted by Crippen LogP contribution is -2.29. The van der Waals surface area contributed by atoms with Crippen LogP contribution in [0.2, 0.25) is 0 Å². The van der Waals surface area contributed by atoms with Gasteiger partial charge < -0.3 is 15.5 Å². The quantitative estimate of drug-likeness (QED) is 0.522. The van der Waals surface area contributed by atoms with Crippen LogP contribution in [0.4, 0.5) is 10.2 Å². The largest absolute Gasteiger partial charge is 0.478 e. The molecule has 0 saturated carbocycles. The minimum atomic E-state index is -1.23. The normalized spacial score (nSPS) is 19.3. The number of halogens is 1. The van der Waals surface area contributed by atoms with E-state index in [0.717, 1.165) is 0 Å². The molecule has 1 fully saturated rings. The van der Waals surface area contributed by atoms with Crippen LogP contribution in [0.15, 0.2) is 77.7 Å². The maximum atomic E-state index is 14.0. The molecular formula is C23H22FN3O5S. The van der Waals surface area contributed by atoms with Crippen molar-refractivity contribution in [2.45, 2.75) is 23.2 Å². The molecule has 1 amide bonds. The second-order valence-corrected chi connectivity index (χ2v) is 8.50. The molecule has 2 aromatic carbocycles. The molecule has 3 aromatic rings. The first-order valence-electron chi connectivity index (χ1n) is 10.0. The number of thioether (sulfide) groups is 1. The summed E-state index contributed by atoms with van der Waals surface area (Å²) < 4.78 is 15.2. The van der Waals surface area contributed by atoms with Gasteiger partial charge in [-0.2, -0.15) is 4.98 Å². The van der Waals surface area contributed by atoms with Crippen LogP contribution in [0.5, 0.6) is 0 Å². The predicted molar refractivity (Wildman–Crippen MR) is 123 cm³/mol. The molecule has 0 spiro atoms. The van der Waals surface area contributed by atoms with Crippen molar-refractivity contribution in [3.8, 4) is 0 Å². The second kappa shape index (κ2) is 11.4. The van der Waals surface area contributed by atoms with Crippen molar-refractivity contribution in [1.29, 1.82) is 0 Å². The minimum Gasteiger partial charge on any atom is -0.478 e. The van der Waals surface area contributed by atoms with Crippen molar-refractivity contribution in [3.63, 3.8) is 0 Å². The highest BCUT2D eigenvalue weighted by atomic mass is 32.2. The van der Waals surface area contributed by atoms with E-state index in [-0.39, 0.29) is 30.0 Å². The van der Waals surface area contributed by atoms with Gasteiger partial charge in [0.1, 0.15) is 17.4 Å². The number of aromatic nitrogens is 2. The monoisotopic (exact) mass is 471 g/mol. The van der Waals surface area contributed by atoms with Gasteiger partial charge in [0.2, 0.25) is 0 Å². The Labute approximate surface area is 193 Å². The van der Waals surface area contributed by atoms with Gasteiger partial charge in [-0.15, -0.1) is 11.8 Å². The van der Waals surface area contributed by atoms with Gasteiger partial charge in [-0.25, -0.2) is 14.0 Å². The topological polar surface area (TPSA) is 122 Å². The molecule has 0 aliphatic carbocycles. The van der Waals surface area contributed by atoms with E-state index in [9.17, 15) is 18.8 Å². The summed E-state index contributed by atoms with van der Waals surface area (Å²) in [7, 11) is 0. The van der Waals surface area contributed by atoms with Crippen LogP contribution in [0.25, 0.3) is 0 Å². The van der Waals surface area contributed by atoms with Gasteiger partial charge in [0.05, 0.1) is 12.2 Å². The van der Waals surface area contributed by atoms with Crippen LogP contribution < -0.4 is 11.0 Å². The lowest BCUT2D eigenvalue weighted by atomic mass is 10.2. The lowest BCUT2D eigenvalue weighted by Gasteiger charge is -2.15. The van der Waals surface area contributed by atoms with Crippen molar-refractivity contribution in [3.05, 3.63) is 94.5 Å². The van der Waals surface area contributed by atoms with Crippen molar-refractivity contribution >= 4 is 29.5 Å². The minimum absolute atomic E-state index is 0.113. The highest BCUT2D eigenvalue weighted by Crippen LogP contribution is 2.42. The average Bonchev–Trinajstić information content (AvgIpc) is 3.21. The number of carbonyl (C=O) groups excluding carboxylic acids is 1. The predicted octanol–water partition coefficient (Wildman–Crippen LogP) is 3.21. The molecule has 33 heavy (non-hydrogen) atoms. The van der Waals surface area contributed by atoms with Crippen LogP contribution in [0, 0.1) is 0 Å². The Hall–Kier alpha value is -3.50. The van der Waals surface area contributed by atoms with E-state index in [0.29, 0.717) is 11.1 Å². The molecule has 1 aliphatic rings. The molecule has 3 unspecified atom stereocenters. The van der Waals surface area contributed by atoms with E-state index < -0.39 is 23.2 Å². The summed E-state index contributed by atoms with van der Waals surface area (Å²) in [5.74, 6) is -1.14. The fraction of sp³-hybridized carbons (Fsp3) is 0.217. The number of anilines is 1. The number of carbonyl (C=O) groups is 2. The summed E-state index contributed by atoms with van der Waals surface area (Å²) in [4.78, 5) is 38.2. The maximum Gasteiger partial charge on any atom is 0.350 e. The molecule has 0 bridgehead atoms. The summed E-state index contributed by atoms with van der Waals surface area (Å²) >= 11 is 1.21. The SMILES string of the molecule is O=C(Nc1ccn(C2SC(CO)CC2F)c(=O)n1)c1ccccc1.O=C(O)c1ccccc1. The Kier molecular flexibility index (Phi) is 8.34. The number of rotatable bonds is 5. The van der Waals surface area contributed by atoms with Crippen LogP contribution >= 0.6 is 11.8 Å². The van der Waals surface area contributed by atoms with Crippen molar-refractivity contribution in [2.24, 2.45) is 0 Å². The first-order chi connectivity index (χ1) is 15.9. The molecular weight excluding hydrogens is 449 g/mol. The number of hydrogen-bond donors (Lipinski definition) is 3. The number of hydrogen-bond acceptors (Lipinski definition) is 6. The van der Waals surface area contributed by atoms with Crippen LogP contribution in [0.1, 0.15) is 32.5 Å². The van der Waals surface area contributed by atoms with Gasteiger partial charge in [-0.3, -0.25) is 9.36 Å². The van der Waals surface area contributed by atoms with E-state index >= 15 is 0 Å². The Morgan fingerprint density at radius 3 is 2.15 bits per heavy atom. The van der Waals surface area contributed by atoms with Crippen LogP contribution in [-0.4, -0.2) is 49.7 Å². The van der Waals surface area contributed by atoms with Crippen molar-refractivity contribution < 1.29 is 24.2 Å². The number of nitrogens with zero attached hydrogens (tertiary/aromatic N) is 2. The molecule has 10 heteroatoms. The Morgan fingerprint density at radius 2 is 1.67 bits per heavy atom. The Morgan fingerprint density at radius 1 is 1.06 bits per heavy atom.